The predicted octanol–water partition coefficient (Wildman–Crippen LogP) is 2.90. The average Bonchev–Trinajstić information content (AvgIpc) is 2.12. The van der Waals surface area contributed by atoms with Crippen molar-refractivity contribution >= 4 is 27.7 Å². The van der Waals surface area contributed by atoms with Crippen LogP contribution in [0.25, 0.3) is 0 Å². The van der Waals surface area contributed by atoms with Gasteiger partial charge in [-0.15, -0.1) is 0 Å². The summed E-state index contributed by atoms with van der Waals surface area (Å²) in [6, 6.07) is 8.39. The number of halogens is 1. The smallest absolute Gasteiger partial charge is 0.0220 e. The summed E-state index contributed by atoms with van der Waals surface area (Å²) in [6.07, 6.45) is 0. The Bertz CT molecular complexity index is 299. The summed E-state index contributed by atoms with van der Waals surface area (Å²) in [5.41, 5.74) is 1.35. The maximum atomic E-state index is 3.55. The summed E-state index contributed by atoms with van der Waals surface area (Å²) in [5, 5.41) is 3.50. The summed E-state index contributed by atoms with van der Waals surface area (Å²) < 4.78 is 1.20. The van der Waals surface area contributed by atoms with Crippen LogP contribution in [0.4, 0.5) is 0 Å². The van der Waals surface area contributed by atoms with Crippen LogP contribution in [0, 0.1) is 5.92 Å². The van der Waals surface area contributed by atoms with Gasteiger partial charge in [0, 0.05) is 11.0 Å². The molecule has 0 spiro atoms. The highest BCUT2D eigenvalue weighted by molar-refractivity contribution is 9.10. The summed E-state index contributed by atoms with van der Waals surface area (Å²) >= 11 is 5.60. The lowest BCUT2D eigenvalue weighted by molar-refractivity contribution is 0.546. The molecule has 0 amide bonds. The largest absolute Gasteiger partial charge is 0.312 e. The molecule has 0 bridgehead atoms. The number of thioether (sulfide) groups is 1. The molecule has 1 nitrogen and oxygen atoms in total. The van der Waals surface area contributed by atoms with Crippen molar-refractivity contribution in [2.75, 3.05) is 18.1 Å². The second kappa shape index (κ2) is 5.19. The fraction of sp³-hybridized carbons (Fsp3) is 0.455. The van der Waals surface area contributed by atoms with E-state index in [9.17, 15) is 0 Å². The highest BCUT2D eigenvalue weighted by Crippen LogP contribution is 2.23. The van der Waals surface area contributed by atoms with Gasteiger partial charge in [0.15, 0.2) is 0 Å². The minimum Gasteiger partial charge on any atom is -0.312 e. The van der Waals surface area contributed by atoms with Crippen LogP contribution in [0.5, 0.6) is 0 Å². The van der Waals surface area contributed by atoms with Gasteiger partial charge in [0.1, 0.15) is 0 Å². The maximum absolute atomic E-state index is 3.55. The molecule has 1 aromatic rings. The highest BCUT2D eigenvalue weighted by Gasteiger charge is 2.16. The molecule has 0 unspecified atom stereocenters. The molecule has 1 aliphatic rings. The van der Waals surface area contributed by atoms with Gasteiger partial charge >= 0.3 is 0 Å². The van der Waals surface area contributed by atoms with Gasteiger partial charge in [-0.25, -0.2) is 0 Å². The molecule has 0 saturated carbocycles. The number of hydrogen-bond donors (Lipinski definition) is 1. The molecule has 1 aromatic carbocycles. The lowest BCUT2D eigenvalue weighted by atomic mass is 10.2. The molecular weight excluding hydrogens is 258 g/mol. The minimum atomic E-state index is 0.905. The Kier molecular flexibility index (Phi) is 3.90. The van der Waals surface area contributed by atoms with Gasteiger partial charge in [-0.2, -0.15) is 11.8 Å². The van der Waals surface area contributed by atoms with E-state index in [4.69, 9.17) is 0 Å². The zero-order valence-electron chi connectivity index (χ0n) is 8.00. The van der Waals surface area contributed by atoms with Gasteiger partial charge in [0.2, 0.25) is 0 Å². The van der Waals surface area contributed by atoms with Gasteiger partial charge in [0.05, 0.1) is 0 Å². The van der Waals surface area contributed by atoms with Crippen LogP contribution in [0.2, 0.25) is 0 Å². The fourth-order valence-electron chi connectivity index (χ4n) is 1.46. The van der Waals surface area contributed by atoms with Crippen molar-refractivity contribution in [3.63, 3.8) is 0 Å². The van der Waals surface area contributed by atoms with E-state index in [0.29, 0.717) is 0 Å². The molecule has 0 radical (unpaired) electrons. The third kappa shape index (κ3) is 2.75. The summed E-state index contributed by atoms with van der Waals surface area (Å²) in [7, 11) is 0. The average molecular weight is 272 g/mol. The van der Waals surface area contributed by atoms with Crippen molar-refractivity contribution in [2.24, 2.45) is 5.92 Å². The molecule has 0 atom stereocenters. The first-order valence-electron chi connectivity index (χ1n) is 4.88. The van der Waals surface area contributed by atoms with E-state index in [1.165, 1.54) is 21.5 Å². The summed E-state index contributed by atoms with van der Waals surface area (Å²) in [6.45, 7) is 2.14. The van der Waals surface area contributed by atoms with Crippen molar-refractivity contribution in [3.05, 3.63) is 34.3 Å². The minimum absolute atomic E-state index is 0.905. The molecule has 76 valence electrons. The molecule has 3 heteroatoms. The lowest BCUT2D eigenvalue weighted by Crippen LogP contribution is -2.31. The van der Waals surface area contributed by atoms with Gasteiger partial charge in [-0.1, -0.05) is 34.1 Å². The Balaban J connectivity index is 1.76. The standard InChI is InChI=1S/C11H14BrNS/c12-11-4-2-1-3-10(11)6-13-5-9-7-14-8-9/h1-4,9,13H,5-8H2. The number of nitrogens with one attached hydrogen (secondary N) is 1. The molecule has 2 rings (SSSR count). The third-order valence-corrected chi connectivity index (χ3v) is 4.60. The van der Waals surface area contributed by atoms with Crippen molar-refractivity contribution in [2.45, 2.75) is 6.54 Å². The zero-order chi connectivity index (χ0) is 9.80. The van der Waals surface area contributed by atoms with Crippen molar-refractivity contribution in [1.29, 1.82) is 0 Å². The van der Waals surface area contributed by atoms with E-state index in [1.807, 2.05) is 11.8 Å². The van der Waals surface area contributed by atoms with Gasteiger partial charge in [-0.05, 0) is 35.6 Å². The van der Waals surface area contributed by atoms with E-state index in [1.54, 1.807) is 0 Å². The van der Waals surface area contributed by atoms with Gasteiger partial charge < -0.3 is 5.32 Å². The monoisotopic (exact) mass is 271 g/mol. The van der Waals surface area contributed by atoms with E-state index < -0.39 is 0 Å². The second-order valence-electron chi connectivity index (χ2n) is 3.63. The molecule has 1 aliphatic heterocycles. The Hall–Kier alpha value is 0.01000. The van der Waals surface area contributed by atoms with Crippen LogP contribution < -0.4 is 5.32 Å². The van der Waals surface area contributed by atoms with E-state index in [0.717, 1.165) is 19.0 Å². The van der Waals surface area contributed by atoms with Crippen molar-refractivity contribution in [1.82, 2.24) is 5.32 Å². The Labute approximate surface area is 97.8 Å². The molecule has 1 fully saturated rings. The number of benzene rings is 1. The zero-order valence-corrected chi connectivity index (χ0v) is 10.4. The first-order valence-corrected chi connectivity index (χ1v) is 6.83. The Morgan fingerprint density at radius 1 is 1.36 bits per heavy atom. The molecule has 0 aliphatic carbocycles. The van der Waals surface area contributed by atoms with Crippen LogP contribution in [0.3, 0.4) is 0 Å². The van der Waals surface area contributed by atoms with Crippen LogP contribution in [-0.2, 0) is 6.54 Å². The van der Waals surface area contributed by atoms with Crippen LogP contribution in [-0.4, -0.2) is 18.1 Å². The van der Waals surface area contributed by atoms with Gasteiger partial charge in [-0.3, -0.25) is 0 Å². The molecule has 1 heterocycles. The molecule has 1 N–H and O–H groups in total. The van der Waals surface area contributed by atoms with Crippen molar-refractivity contribution in [3.8, 4) is 0 Å². The molecular formula is C11H14BrNS. The van der Waals surface area contributed by atoms with E-state index in [-0.39, 0.29) is 0 Å². The first kappa shape index (κ1) is 10.5. The fourth-order valence-corrected chi connectivity index (χ4v) is 2.68. The predicted molar refractivity (Wildman–Crippen MR) is 66.7 cm³/mol. The normalized spacial score (nSPS) is 16.6. The quantitative estimate of drug-likeness (QED) is 0.904. The topological polar surface area (TPSA) is 12.0 Å². The lowest BCUT2D eigenvalue weighted by Gasteiger charge is -2.25. The first-order chi connectivity index (χ1) is 6.86. The van der Waals surface area contributed by atoms with E-state index in [2.05, 4.69) is 45.5 Å². The molecule has 1 saturated heterocycles. The summed E-state index contributed by atoms with van der Waals surface area (Å²) in [5.74, 6) is 3.58. The Morgan fingerprint density at radius 3 is 2.79 bits per heavy atom. The molecule has 0 aromatic heterocycles. The summed E-state index contributed by atoms with van der Waals surface area (Å²) in [4.78, 5) is 0. The van der Waals surface area contributed by atoms with E-state index >= 15 is 0 Å². The van der Waals surface area contributed by atoms with Crippen LogP contribution in [0.15, 0.2) is 28.7 Å². The number of rotatable bonds is 4. The second-order valence-corrected chi connectivity index (χ2v) is 5.56. The van der Waals surface area contributed by atoms with Crippen LogP contribution >= 0.6 is 27.7 Å². The third-order valence-electron chi connectivity index (χ3n) is 2.41. The number of hydrogen-bond acceptors (Lipinski definition) is 2. The maximum Gasteiger partial charge on any atom is 0.0220 e. The SMILES string of the molecule is Brc1ccccc1CNCC1CSC1. The van der Waals surface area contributed by atoms with Crippen molar-refractivity contribution < 1.29 is 0 Å². The van der Waals surface area contributed by atoms with Crippen LogP contribution in [0.1, 0.15) is 5.56 Å². The highest BCUT2D eigenvalue weighted by atomic mass is 79.9. The van der Waals surface area contributed by atoms with Gasteiger partial charge in [0.25, 0.3) is 0 Å². The molecule has 14 heavy (non-hydrogen) atoms. The Morgan fingerprint density at radius 2 is 2.14 bits per heavy atom.